The molecule has 126 valence electrons. The number of hydrogen-bond donors (Lipinski definition) is 0. The third kappa shape index (κ3) is 1.82. The number of para-hydroxylation sites is 2. The van der Waals surface area contributed by atoms with E-state index in [4.69, 9.17) is 4.42 Å². The Balaban J connectivity index is 1.88. The first-order valence-electron chi connectivity index (χ1n) is 9.43. The van der Waals surface area contributed by atoms with Gasteiger partial charge in [0, 0.05) is 33.8 Å². The normalized spacial score (nSPS) is 14.3. The average Bonchev–Trinajstić information content (AvgIpc) is 3.24. The van der Waals surface area contributed by atoms with Gasteiger partial charge in [0.15, 0.2) is 0 Å². The van der Waals surface area contributed by atoms with Crippen molar-refractivity contribution in [3.8, 4) is 5.69 Å². The highest BCUT2D eigenvalue weighted by atomic mass is 16.3. The summed E-state index contributed by atoms with van der Waals surface area (Å²) in [7, 11) is 0. The quantitative estimate of drug-likeness (QED) is 0.346. The molecule has 0 fully saturated rings. The first kappa shape index (κ1) is 14.2. The van der Waals surface area contributed by atoms with E-state index in [9.17, 15) is 0 Å². The van der Waals surface area contributed by atoms with Crippen LogP contribution in [0.4, 0.5) is 0 Å². The van der Waals surface area contributed by atoms with Gasteiger partial charge in [-0.1, -0.05) is 36.4 Å². The lowest BCUT2D eigenvalue weighted by atomic mass is 9.95. The van der Waals surface area contributed by atoms with E-state index in [1.807, 2.05) is 0 Å². The number of nitrogens with zero attached hydrogens (tertiary/aromatic N) is 1. The molecule has 2 heteroatoms. The minimum Gasteiger partial charge on any atom is -0.461 e. The fourth-order valence-electron chi connectivity index (χ4n) is 4.65. The number of aromatic nitrogens is 1. The Labute approximate surface area is 151 Å². The Bertz CT molecular complexity index is 1270. The lowest BCUT2D eigenvalue weighted by Gasteiger charge is -2.11. The maximum atomic E-state index is 6.27. The molecule has 2 aromatic heterocycles. The van der Waals surface area contributed by atoms with Crippen LogP contribution in [0.2, 0.25) is 0 Å². The summed E-state index contributed by atoms with van der Waals surface area (Å²) in [5.41, 5.74) is 6.21. The molecular formula is C24H19NO. The molecule has 2 nitrogen and oxygen atoms in total. The maximum Gasteiger partial charge on any atom is 0.136 e. The van der Waals surface area contributed by atoms with Crippen molar-refractivity contribution < 1.29 is 4.42 Å². The van der Waals surface area contributed by atoms with Gasteiger partial charge in [0.2, 0.25) is 0 Å². The first-order chi connectivity index (χ1) is 12.9. The third-order valence-corrected chi connectivity index (χ3v) is 5.76. The summed E-state index contributed by atoms with van der Waals surface area (Å²) >= 11 is 0. The number of rotatable bonds is 1. The predicted octanol–water partition coefficient (Wildman–Crippen LogP) is 6.41. The molecule has 0 atom stereocenters. The lowest BCUT2D eigenvalue weighted by molar-refractivity contribution is 0.506. The highest BCUT2D eigenvalue weighted by Gasteiger charge is 2.23. The summed E-state index contributed by atoms with van der Waals surface area (Å²) in [6.45, 7) is 0. The van der Waals surface area contributed by atoms with Crippen molar-refractivity contribution >= 4 is 32.8 Å². The lowest BCUT2D eigenvalue weighted by Crippen LogP contribution is -2.00. The summed E-state index contributed by atoms with van der Waals surface area (Å²) in [6.07, 6.45) is 4.68. The van der Waals surface area contributed by atoms with Crippen LogP contribution in [-0.4, -0.2) is 4.57 Å². The van der Waals surface area contributed by atoms with Crippen LogP contribution in [0, 0.1) is 0 Å². The van der Waals surface area contributed by atoms with Gasteiger partial charge in [-0.15, -0.1) is 0 Å². The zero-order valence-electron chi connectivity index (χ0n) is 14.5. The first-order valence-corrected chi connectivity index (χ1v) is 9.43. The number of fused-ring (bicyclic) bond motifs is 7. The molecule has 0 N–H and O–H groups in total. The van der Waals surface area contributed by atoms with Crippen molar-refractivity contribution in [1.82, 2.24) is 4.57 Å². The van der Waals surface area contributed by atoms with Gasteiger partial charge in [0.1, 0.15) is 11.3 Å². The number of hydrogen-bond acceptors (Lipinski definition) is 1. The molecule has 0 spiro atoms. The van der Waals surface area contributed by atoms with Crippen LogP contribution in [0.3, 0.4) is 0 Å². The smallest absolute Gasteiger partial charge is 0.136 e. The van der Waals surface area contributed by atoms with E-state index in [1.165, 1.54) is 57.0 Å². The van der Waals surface area contributed by atoms with Crippen molar-refractivity contribution in [2.24, 2.45) is 0 Å². The average molecular weight is 337 g/mol. The van der Waals surface area contributed by atoms with Gasteiger partial charge in [-0.25, -0.2) is 0 Å². The molecular weight excluding hydrogens is 318 g/mol. The largest absolute Gasteiger partial charge is 0.461 e. The second-order valence-electron chi connectivity index (χ2n) is 7.23. The Morgan fingerprint density at radius 3 is 2.46 bits per heavy atom. The van der Waals surface area contributed by atoms with Crippen molar-refractivity contribution in [2.45, 2.75) is 25.7 Å². The zero-order valence-corrected chi connectivity index (χ0v) is 14.5. The molecule has 0 bridgehead atoms. The van der Waals surface area contributed by atoms with Gasteiger partial charge in [0.05, 0.1) is 11.0 Å². The Morgan fingerprint density at radius 1 is 0.731 bits per heavy atom. The molecule has 0 unspecified atom stereocenters. The van der Waals surface area contributed by atoms with Gasteiger partial charge in [0.25, 0.3) is 0 Å². The second-order valence-corrected chi connectivity index (χ2v) is 7.23. The number of aryl methyl sites for hydroxylation is 2. The van der Waals surface area contributed by atoms with E-state index in [0.717, 1.165) is 18.4 Å². The van der Waals surface area contributed by atoms with Crippen LogP contribution in [-0.2, 0) is 12.8 Å². The molecule has 5 aromatic rings. The van der Waals surface area contributed by atoms with Crippen LogP contribution in [0.1, 0.15) is 24.2 Å². The monoisotopic (exact) mass is 337 g/mol. The van der Waals surface area contributed by atoms with Crippen LogP contribution in [0.25, 0.3) is 38.5 Å². The van der Waals surface area contributed by atoms with Crippen molar-refractivity contribution in [3.05, 3.63) is 78.1 Å². The minimum atomic E-state index is 1.03. The van der Waals surface area contributed by atoms with Crippen molar-refractivity contribution in [2.75, 3.05) is 0 Å². The van der Waals surface area contributed by atoms with E-state index < -0.39 is 0 Å². The fourth-order valence-corrected chi connectivity index (χ4v) is 4.65. The standard InChI is InChI=1S/C24H19NO/c1-2-8-16(9-3-1)25-20-12-6-4-10-17(20)18-14-15-22-23(24(18)25)19-11-5-7-13-21(19)26-22/h1-4,6,8-10,12,14-15H,5,7,11,13H2. The zero-order chi connectivity index (χ0) is 17.1. The Kier molecular flexibility index (Phi) is 2.87. The predicted molar refractivity (Wildman–Crippen MR) is 107 cm³/mol. The van der Waals surface area contributed by atoms with Crippen LogP contribution in [0.5, 0.6) is 0 Å². The highest BCUT2D eigenvalue weighted by molar-refractivity contribution is 6.18. The van der Waals surface area contributed by atoms with E-state index in [2.05, 4.69) is 71.3 Å². The van der Waals surface area contributed by atoms with Crippen molar-refractivity contribution in [1.29, 1.82) is 0 Å². The van der Waals surface area contributed by atoms with E-state index >= 15 is 0 Å². The SMILES string of the molecule is c1ccc(-n2c3ccccc3c3ccc4oc5c(c4c32)CCCC5)cc1. The Hall–Kier alpha value is -3.00. The van der Waals surface area contributed by atoms with E-state index in [-0.39, 0.29) is 0 Å². The van der Waals surface area contributed by atoms with Gasteiger partial charge in [-0.3, -0.25) is 0 Å². The summed E-state index contributed by atoms with van der Waals surface area (Å²) in [5.74, 6) is 1.20. The fraction of sp³-hybridized carbons (Fsp3) is 0.167. The third-order valence-electron chi connectivity index (χ3n) is 5.76. The molecule has 1 aliphatic rings. The molecule has 6 rings (SSSR count). The van der Waals surface area contributed by atoms with Gasteiger partial charge >= 0.3 is 0 Å². The van der Waals surface area contributed by atoms with Gasteiger partial charge in [-0.2, -0.15) is 0 Å². The minimum absolute atomic E-state index is 1.03. The molecule has 26 heavy (non-hydrogen) atoms. The van der Waals surface area contributed by atoms with Gasteiger partial charge < -0.3 is 8.98 Å². The van der Waals surface area contributed by atoms with E-state index in [0.29, 0.717) is 0 Å². The number of benzene rings is 3. The van der Waals surface area contributed by atoms with Crippen molar-refractivity contribution in [3.63, 3.8) is 0 Å². The second kappa shape index (κ2) is 5.25. The number of furan rings is 1. The summed E-state index contributed by atoms with van der Waals surface area (Å²) in [4.78, 5) is 0. The van der Waals surface area contributed by atoms with Gasteiger partial charge in [-0.05, 0) is 49.6 Å². The molecule has 0 amide bonds. The highest BCUT2D eigenvalue weighted by Crippen LogP contribution is 2.41. The molecule has 0 aliphatic heterocycles. The van der Waals surface area contributed by atoms with Crippen LogP contribution >= 0.6 is 0 Å². The molecule has 3 aromatic carbocycles. The molecule has 0 radical (unpaired) electrons. The summed E-state index contributed by atoms with van der Waals surface area (Å²) < 4.78 is 8.69. The van der Waals surface area contributed by atoms with E-state index in [1.54, 1.807) is 0 Å². The molecule has 0 saturated carbocycles. The molecule has 2 heterocycles. The van der Waals surface area contributed by atoms with Crippen LogP contribution in [0.15, 0.2) is 71.1 Å². The summed E-state index contributed by atoms with van der Waals surface area (Å²) in [6, 6.07) is 23.8. The Morgan fingerprint density at radius 2 is 1.54 bits per heavy atom. The summed E-state index contributed by atoms with van der Waals surface area (Å²) in [5, 5.41) is 3.93. The van der Waals surface area contributed by atoms with Crippen LogP contribution < -0.4 is 0 Å². The molecule has 1 aliphatic carbocycles. The molecule has 0 saturated heterocycles. The topological polar surface area (TPSA) is 18.1 Å². The maximum absolute atomic E-state index is 6.27.